The lowest BCUT2D eigenvalue weighted by Crippen LogP contribution is -2.53. The Morgan fingerprint density at radius 1 is 1.39 bits per heavy atom. The molecule has 2 heterocycles. The summed E-state index contributed by atoms with van der Waals surface area (Å²) in [6, 6.07) is 0. The second-order valence-electron chi connectivity index (χ2n) is 6.87. The minimum atomic E-state index is -0.142. The van der Waals surface area contributed by atoms with Crippen LogP contribution in [0, 0.1) is 0 Å². The van der Waals surface area contributed by atoms with E-state index in [4.69, 9.17) is 4.74 Å². The molecule has 0 saturated carbocycles. The van der Waals surface area contributed by atoms with Crippen molar-refractivity contribution in [2.45, 2.75) is 64.1 Å². The average Bonchev–Trinajstić information content (AvgIpc) is 2.72. The average molecular weight is 254 g/mol. The molecule has 18 heavy (non-hydrogen) atoms. The van der Waals surface area contributed by atoms with E-state index in [1.807, 2.05) is 4.90 Å². The molecule has 4 nitrogen and oxygen atoms in total. The SMILES string of the molecule is CC1(C)CC(=O)N(CC2CCCO2)C(C)(C)CN1. The molecule has 0 aromatic rings. The van der Waals surface area contributed by atoms with E-state index in [2.05, 4.69) is 33.0 Å². The number of amides is 1. The molecule has 4 heteroatoms. The zero-order chi connectivity index (χ0) is 13.4. The van der Waals surface area contributed by atoms with E-state index in [1.165, 1.54) is 0 Å². The van der Waals surface area contributed by atoms with Gasteiger partial charge in [-0.15, -0.1) is 0 Å². The predicted octanol–water partition coefficient (Wildman–Crippen LogP) is 1.54. The minimum absolute atomic E-state index is 0.111. The molecule has 2 rings (SSSR count). The number of carbonyl (C=O) groups excluding carboxylic acids is 1. The van der Waals surface area contributed by atoms with Gasteiger partial charge < -0.3 is 15.0 Å². The summed E-state index contributed by atoms with van der Waals surface area (Å²) < 4.78 is 5.68. The Labute approximate surface area is 110 Å². The minimum Gasteiger partial charge on any atom is -0.376 e. The summed E-state index contributed by atoms with van der Waals surface area (Å²) in [7, 11) is 0. The van der Waals surface area contributed by atoms with E-state index in [-0.39, 0.29) is 23.1 Å². The maximum Gasteiger partial charge on any atom is 0.224 e. The number of rotatable bonds is 2. The first kappa shape index (κ1) is 13.8. The standard InChI is InChI=1S/C14H26N2O2/c1-13(2)8-12(17)16(14(3,4)10-15-13)9-11-6-5-7-18-11/h11,15H,5-10H2,1-4H3. The van der Waals surface area contributed by atoms with Crippen LogP contribution >= 0.6 is 0 Å². The van der Waals surface area contributed by atoms with Crippen molar-refractivity contribution < 1.29 is 9.53 Å². The summed E-state index contributed by atoms with van der Waals surface area (Å²) >= 11 is 0. The highest BCUT2D eigenvalue weighted by atomic mass is 16.5. The number of carbonyl (C=O) groups is 1. The molecule has 0 radical (unpaired) electrons. The van der Waals surface area contributed by atoms with Crippen molar-refractivity contribution in [1.82, 2.24) is 10.2 Å². The highest BCUT2D eigenvalue weighted by Crippen LogP contribution is 2.26. The van der Waals surface area contributed by atoms with Crippen LogP contribution < -0.4 is 5.32 Å². The molecule has 1 atom stereocenters. The first-order valence-electron chi connectivity index (χ1n) is 6.97. The van der Waals surface area contributed by atoms with Gasteiger partial charge >= 0.3 is 0 Å². The molecular formula is C14H26N2O2. The highest BCUT2D eigenvalue weighted by molar-refractivity contribution is 5.78. The highest BCUT2D eigenvalue weighted by Gasteiger charge is 2.39. The van der Waals surface area contributed by atoms with Crippen molar-refractivity contribution in [3.63, 3.8) is 0 Å². The number of nitrogens with one attached hydrogen (secondary N) is 1. The summed E-state index contributed by atoms with van der Waals surface area (Å²) in [6.45, 7) is 10.9. The monoisotopic (exact) mass is 254 g/mol. The topological polar surface area (TPSA) is 41.6 Å². The Morgan fingerprint density at radius 2 is 2.11 bits per heavy atom. The molecule has 1 unspecified atom stereocenters. The Hall–Kier alpha value is -0.610. The number of hydrogen-bond donors (Lipinski definition) is 1. The summed E-state index contributed by atoms with van der Waals surface area (Å²) in [5, 5.41) is 3.49. The number of ether oxygens (including phenoxy) is 1. The van der Waals surface area contributed by atoms with Gasteiger partial charge in [0.2, 0.25) is 5.91 Å². The van der Waals surface area contributed by atoms with Crippen molar-refractivity contribution in [2.75, 3.05) is 19.7 Å². The molecule has 2 aliphatic rings. The maximum atomic E-state index is 12.5. The second-order valence-corrected chi connectivity index (χ2v) is 6.87. The van der Waals surface area contributed by atoms with E-state index in [0.29, 0.717) is 6.42 Å². The first-order chi connectivity index (χ1) is 8.30. The van der Waals surface area contributed by atoms with Crippen LogP contribution in [0.4, 0.5) is 0 Å². The third-order valence-corrected chi connectivity index (χ3v) is 4.03. The van der Waals surface area contributed by atoms with Gasteiger partial charge in [0.1, 0.15) is 0 Å². The normalized spacial score (nSPS) is 31.4. The summed E-state index contributed by atoms with van der Waals surface area (Å²) in [4.78, 5) is 14.5. The van der Waals surface area contributed by atoms with Gasteiger partial charge in [-0.05, 0) is 40.5 Å². The van der Waals surface area contributed by atoms with Gasteiger partial charge in [-0.1, -0.05) is 0 Å². The second kappa shape index (κ2) is 4.82. The summed E-state index contributed by atoms with van der Waals surface area (Å²) in [6.07, 6.45) is 2.99. The van der Waals surface area contributed by atoms with Crippen LogP contribution in [0.5, 0.6) is 0 Å². The lowest BCUT2D eigenvalue weighted by atomic mass is 10.0. The van der Waals surface area contributed by atoms with Crippen LogP contribution in [0.3, 0.4) is 0 Å². The maximum absolute atomic E-state index is 12.5. The first-order valence-corrected chi connectivity index (χ1v) is 6.97. The van der Waals surface area contributed by atoms with Crippen LogP contribution in [0.1, 0.15) is 47.0 Å². The lowest BCUT2D eigenvalue weighted by Gasteiger charge is -2.38. The van der Waals surface area contributed by atoms with Crippen molar-refractivity contribution in [2.24, 2.45) is 0 Å². The van der Waals surface area contributed by atoms with Crippen molar-refractivity contribution in [3.8, 4) is 0 Å². The molecule has 0 bridgehead atoms. The third-order valence-electron chi connectivity index (χ3n) is 4.03. The van der Waals surface area contributed by atoms with E-state index >= 15 is 0 Å². The van der Waals surface area contributed by atoms with Gasteiger partial charge in [-0.2, -0.15) is 0 Å². The van der Waals surface area contributed by atoms with Gasteiger partial charge in [-0.25, -0.2) is 0 Å². The Morgan fingerprint density at radius 3 is 2.72 bits per heavy atom. The number of nitrogens with zero attached hydrogens (tertiary/aromatic N) is 1. The molecular weight excluding hydrogens is 228 g/mol. The van der Waals surface area contributed by atoms with Crippen LogP contribution in [-0.4, -0.2) is 47.7 Å². The molecule has 2 saturated heterocycles. The quantitative estimate of drug-likeness (QED) is 0.813. The molecule has 0 aromatic heterocycles. The van der Waals surface area contributed by atoms with Gasteiger partial charge in [0.25, 0.3) is 0 Å². The van der Waals surface area contributed by atoms with Gasteiger partial charge in [0.15, 0.2) is 0 Å². The van der Waals surface area contributed by atoms with E-state index in [1.54, 1.807) is 0 Å². The summed E-state index contributed by atoms with van der Waals surface area (Å²) in [5.74, 6) is 0.241. The Balaban J connectivity index is 2.11. The molecule has 1 amide bonds. The molecule has 2 fully saturated rings. The zero-order valence-electron chi connectivity index (χ0n) is 12.1. The molecule has 0 aliphatic carbocycles. The summed E-state index contributed by atoms with van der Waals surface area (Å²) in [5.41, 5.74) is -0.254. The Bertz CT molecular complexity index is 320. The van der Waals surface area contributed by atoms with Crippen LogP contribution in [0.2, 0.25) is 0 Å². The largest absolute Gasteiger partial charge is 0.376 e. The van der Waals surface area contributed by atoms with Crippen LogP contribution in [0.15, 0.2) is 0 Å². The molecule has 0 spiro atoms. The van der Waals surface area contributed by atoms with Crippen molar-refractivity contribution in [1.29, 1.82) is 0 Å². The predicted molar refractivity (Wildman–Crippen MR) is 71.5 cm³/mol. The molecule has 1 N–H and O–H groups in total. The van der Waals surface area contributed by atoms with E-state index in [9.17, 15) is 4.79 Å². The fourth-order valence-corrected chi connectivity index (χ4v) is 2.77. The van der Waals surface area contributed by atoms with Gasteiger partial charge in [0.05, 0.1) is 6.10 Å². The van der Waals surface area contributed by atoms with Crippen molar-refractivity contribution in [3.05, 3.63) is 0 Å². The van der Waals surface area contributed by atoms with Crippen LogP contribution in [-0.2, 0) is 9.53 Å². The zero-order valence-corrected chi connectivity index (χ0v) is 12.1. The number of hydrogen-bond acceptors (Lipinski definition) is 3. The fourth-order valence-electron chi connectivity index (χ4n) is 2.77. The lowest BCUT2D eigenvalue weighted by molar-refractivity contribution is -0.137. The fraction of sp³-hybridized carbons (Fsp3) is 0.929. The van der Waals surface area contributed by atoms with E-state index < -0.39 is 0 Å². The molecule has 0 aromatic carbocycles. The van der Waals surface area contributed by atoms with Gasteiger partial charge in [-0.3, -0.25) is 4.79 Å². The van der Waals surface area contributed by atoms with Crippen molar-refractivity contribution >= 4 is 5.91 Å². The smallest absolute Gasteiger partial charge is 0.224 e. The van der Waals surface area contributed by atoms with Crippen LogP contribution in [0.25, 0.3) is 0 Å². The van der Waals surface area contributed by atoms with Gasteiger partial charge in [0, 0.05) is 37.2 Å². The molecule has 104 valence electrons. The van der Waals surface area contributed by atoms with E-state index in [0.717, 1.165) is 32.5 Å². The third kappa shape index (κ3) is 3.04. The molecule has 2 aliphatic heterocycles. The Kier molecular flexibility index (Phi) is 3.70.